The maximum Gasteiger partial charge on any atom is 0.118 e. The van der Waals surface area contributed by atoms with E-state index in [4.69, 9.17) is 27.9 Å². The summed E-state index contributed by atoms with van der Waals surface area (Å²) in [5.41, 5.74) is 1.02. The SMILES string of the molecule is COc1ccc(C(Cl)c2sccc2Cl)cc1. The lowest BCUT2D eigenvalue weighted by atomic mass is 10.1. The molecule has 1 atom stereocenters. The second-order valence-electron chi connectivity index (χ2n) is 3.27. The number of methoxy groups -OCH3 is 1. The van der Waals surface area contributed by atoms with Crippen LogP contribution in [0.4, 0.5) is 0 Å². The molecule has 2 aromatic rings. The lowest BCUT2D eigenvalue weighted by Crippen LogP contribution is -1.91. The van der Waals surface area contributed by atoms with Crippen molar-refractivity contribution < 1.29 is 4.74 Å². The van der Waals surface area contributed by atoms with Crippen LogP contribution < -0.4 is 4.74 Å². The number of halogens is 2. The van der Waals surface area contributed by atoms with Crippen molar-refractivity contribution in [1.29, 1.82) is 0 Å². The molecule has 84 valence electrons. The fraction of sp³-hybridized carbons (Fsp3) is 0.167. The lowest BCUT2D eigenvalue weighted by Gasteiger charge is -2.09. The highest BCUT2D eigenvalue weighted by molar-refractivity contribution is 7.11. The molecule has 1 heterocycles. The zero-order valence-corrected chi connectivity index (χ0v) is 10.9. The van der Waals surface area contributed by atoms with E-state index in [2.05, 4.69) is 0 Å². The number of ether oxygens (including phenoxy) is 1. The molecule has 0 amide bonds. The number of thiophene rings is 1. The van der Waals surface area contributed by atoms with Gasteiger partial charge in [0.25, 0.3) is 0 Å². The van der Waals surface area contributed by atoms with Gasteiger partial charge in [-0.15, -0.1) is 22.9 Å². The van der Waals surface area contributed by atoms with Crippen LogP contribution in [-0.2, 0) is 0 Å². The second-order valence-corrected chi connectivity index (χ2v) is 5.06. The van der Waals surface area contributed by atoms with Gasteiger partial charge in [-0.1, -0.05) is 23.7 Å². The first-order chi connectivity index (χ1) is 7.72. The largest absolute Gasteiger partial charge is 0.497 e. The van der Waals surface area contributed by atoms with Gasteiger partial charge in [-0.05, 0) is 29.1 Å². The molecule has 0 spiro atoms. The molecular weight excluding hydrogens is 263 g/mol. The van der Waals surface area contributed by atoms with Crippen molar-refractivity contribution in [2.75, 3.05) is 7.11 Å². The molecule has 1 nitrogen and oxygen atoms in total. The van der Waals surface area contributed by atoms with Crippen molar-refractivity contribution in [3.8, 4) is 5.75 Å². The number of rotatable bonds is 3. The summed E-state index contributed by atoms with van der Waals surface area (Å²) < 4.78 is 5.10. The van der Waals surface area contributed by atoms with Crippen molar-refractivity contribution in [3.63, 3.8) is 0 Å². The van der Waals surface area contributed by atoms with Gasteiger partial charge in [-0.2, -0.15) is 0 Å². The molecule has 0 aliphatic heterocycles. The molecule has 0 aliphatic rings. The molecule has 2 rings (SSSR count). The fourth-order valence-corrected chi connectivity index (χ4v) is 3.05. The van der Waals surface area contributed by atoms with E-state index in [9.17, 15) is 0 Å². The summed E-state index contributed by atoms with van der Waals surface area (Å²) in [6, 6.07) is 9.55. The van der Waals surface area contributed by atoms with E-state index in [1.807, 2.05) is 35.7 Å². The molecule has 0 saturated carbocycles. The Kier molecular flexibility index (Phi) is 3.74. The average molecular weight is 273 g/mol. The summed E-state index contributed by atoms with van der Waals surface area (Å²) in [5.74, 6) is 0.824. The first kappa shape index (κ1) is 11.8. The van der Waals surface area contributed by atoms with Crippen LogP contribution >= 0.6 is 34.5 Å². The van der Waals surface area contributed by atoms with Gasteiger partial charge < -0.3 is 4.74 Å². The van der Waals surface area contributed by atoms with E-state index in [1.54, 1.807) is 18.4 Å². The van der Waals surface area contributed by atoms with Gasteiger partial charge in [0, 0.05) is 4.88 Å². The molecule has 0 bridgehead atoms. The summed E-state index contributed by atoms with van der Waals surface area (Å²) >= 11 is 14.0. The van der Waals surface area contributed by atoms with Crippen molar-refractivity contribution in [2.24, 2.45) is 0 Å². The Labute approximate surface area is 109 Å². The molecule has 1 aromatic heterocycles. The van der Waals surface area contributed by atoms with E-state index in [1.165, 1.54) is 0 Å². The van der Waals surface area contributed by atoms with Crippen LogP contribution in [0.15, 0.2) is 35.7 Å². The third-order valence-electron chi connectivity index (χ3n) is 2.28. The molecule has 0 aliphatic carbocycles. The van der Waals surface area contributed by atoms with Crippen LogP contribution in [0.25, 0.3) is 0 Å². The summed E-state index contributed by atoms with van der Waals surface area (Å²) in [6.07, 6.45) is 0. The Morgan fingerprint density at radius 1 is 1.19 bits per heavy atom. The van der Waals surface area contributed by atoms with E-state index < -0.39 is 0 Å². The number of hydrogen-bond acceptors (Lipinski definition) is 2. The monoisotopic (exact) mass is 272 g/mol. The molecule has 0 saturated heterocycles. The third-order valence-corrected chi connectivity index (χ3v) is 4.31. The van der Waals surface area contributed by atoms with Crippen molar-refractivity contribution in [3.05, 3.63) is 51.2 Å². The van der Waals surface area contributed by atoms with E-state index in [0.29, 0.717) is 0 Å². The molecule has 1 aromatic carbocycles. The third kappa shape index (κ3) is 2.34. The topological polar surface area (TPSA) is 9.23 Å². The Morgan fingerprint density at radius 3 is 2.38 bits per heavy atom. The quantitative estimate of drug-likeness (QED) is 0.734. The van der Waals surface area contributed by atoms with Crippen LogP contribution in [0, 0.1) is 0 Å². The molecule has 0 fully saturated rings. The maximum atomic E-state index is 6.36. The highest BCUT2D eigenvalue weighted by Gasteiger charge is 2.15. The van der Waals surface area contributed by atoms with E-state index in [0.717, 1.165) is 21.2 Å². The molecular formula is C12H10Cl2OS. The Balaban J connectivity index is 2.27. The van der Waals surface area contributed by atoms with Gasteiger partial charge in [-0.3, -0.25) is 0 Å². The summed E-state index contributed by atoms with van der Waals surface area (Å²) in [5, 5.41) is 2.47. The predicted molar refractivity (Wildman–Crippen MR) is 70.0 cm³/mol. The van der Waals surface area contributed by atoms with Gasteiger partial charge in [-0.25, -0.2) is 0 Å². The van der Waals surface area contributed by atoms with Gasteiger partial charge in [0.2, 0.25) is 0 Å². The lowest BCUT2D eigenvalue weighted by molar-refractivity contribution is 0.414. The van der Waals surface area contributed by atoms with Crippen molar-refractivity contribution in [2.45, 2.75) is 5.38 Å². The van der Waals surface area contributed by atoms with Crippen LogP contribution in [0.1, 0.15) is 15.8 Å². The fourth-order valence-electron chi connectivity index (χ4n) is 1.41. The van der Waals surface area contributed by atoms with E-state index in [-0.39, 0.29) is 5.38 Å². The Hall–Kier alpha value is -0.700. The zero-order chi connectivity index (χ0) is 11.5. The molecule has 16 heavy (non-hydrogen) atoms. The standard InChI is InChI=1S/C12H10Cl2OS/c1-15-9-4-2-8(3-5-9)11(14)12-10(13)6-7-16-12/h2-7,11H,1H3. The van der Waals surface area contributed by atoms with Crippen LogP contribution in [-0.4, -0.2) is 7.11 Å². The Morgan fingerprint density at radius 2 is 1.88 bits per heavy atom. The number of alkyl halides is 1. The number of hydrogen-bond donors (Lipinski definition) is 0. The highest BCUT2D eigenvalue weighted by atomic mass is 35.5. The van der Waals surface area contributed by atoms with Gasteiger partial charge in [0.15, 0.2) is 0 Å². The molecule has 0 N–H and O–H groups in total. The minimum absolute atomic E-state index is 0.196. The first-order valence-electron chi connectivity index (χ1n) is 4.73. The number of benzene rings is 1. The Bertz CT molecular complexity index is 464. The summed E-state index contributed by atoms with van der Waals surface area (Å²) in [7, 11) is 1.64. The molecule has 0 radical (unpaired) electrons. The first-order valence-corrected chi connectivity index (χ1v) is 6.42. The predicted octanol–water partition coefficient (Wildman–Crippen LogP) is 4.74. The summed E-state index contributed by atoms with van der Waals surface area (Å²) in [4.78, 5) is 0.980. The van der Waals surface area contributed by atoms with Crippen LogP contribution in [0.2, 0.25) is 5.02 Å². The molecule has 1 unspecified atom stereocenters. The van der Waals surface area contributed by atoms with Crippen LogP contribution in [0.3, 0.4) is 0 Å². The smallest absolute Gasteiger partial charge is 0.118 e. The van der Waals surface area contributed by atoms with Crippen LogP contribution in [0.5, 0.6) is 5.75 Å². The summed E-state index contributed by atoms with van der Waals surface area (Å²) in [6.45, 7) is 0. The van der Waals surface area contributed by atoms with Crippen molar-refractivity contribution >= 4 is 34.5 Å². The van der Waals surface area contributed by atoms with E-state index >= 15 is 0 Å². The minimum Gasteiger partial charge on any atom is -0.497 e. The van der Waals surface area contributed by atoms with Gasteiger partial charge in [0.05, 0.1) is 17.5 Å². The maximum absolute atomic E-state index is 6.36. The van der Waals surface area contributed by atoms with Crippen molar-refractivity contribution in [1.82, 2.24) is 0 Å². The van der Waals surface area contributed by atoms with Gasteiger partial charge >= 0.3 is 0 Å². The second kappa shape index (κ2) is 5.09. The normalized spacial score (nSPS) is 12.4. The minimum atomic E-state index is -0.196. The highest BCUT2D eigenvalue weighted by Crippen LogP contribution is 2.37. The zero-order valence-electron chi connectivity index (χ0n) is 8.61. The van der Waals surface area contributed by atoms with Gasteiger partial charge in [0.1, 0.15) is 5.75 Å². The average Bonchev–Trinajstić information content (AvgIpc) is 2.75. The molecule has 4 heteroatoms.